The molecule has 196 valence electrons. The minimum atomic E-state index is -4.12. The van der Waals surface area contributed by atoms with Crippen molar-refractivity contribution < 1.29 is 32.9 Å². The van der Waals surface area contributed by atoms with E-state index in [2.05, 4.69) is 9.71 Å². The van der Waals surface area contributed by atoms with Crippen LogP contribution >= 0.6 is 0 Å². The van der Waals surface area contributed by atoms with Crippen molar-refractivity contribution in [3.63, 3.8) is 0 Å². The van der Waals surface area contributed by atoms with Gasteiger partial charge in [-0.2, -0.15) is 0 Å². The lowest BCUT2D eigenvalue weighted by molar-refractivity contribution is 0.0490. The summed E-state index contributed by atoms with van der Waals surface area (Å²) in [5.41, 5.74) is 1.45. The number of aromatic carboxylic acids is 1. The third kappa shape index (κ3) is 6.74. The summed E-state index contributed by atoms with van der Waals surface area (Å²) in [6, 6.07) is 5.74. The van der Waals surface area contributed by atoms with Crippen LogP contribution in [0.15, 0.2) is 35.4 Å². The maximum absolute atomic E-state index is 13.2. The third-order valence-electron chi connectivity index (χ3n) is 6.85. The summed E-state index contributed by atoms with van der Waals surface area (Å²) in [7, 11) is -4.12. The SMILES string of the molecule is CCc1cnc(NS(=O)(=O)c2ccc(OCC3CCOCC3)c(C(=O)O)c2)c(CC[C@@H](O)C2CC2)c1. The number of ether oxygens (including phenoxy) is 2. The van der Waals surface area contributed by atoms with E-state index in [9.17, 15) is 23.4 Å². The summed E-state index contributed by atoms with van der Waals surface area (Å²) in [5, 5.41) is 20.0. The molecule has 1 aliphatic carbocycles. The van der Waals surface area contributed by atoms with E-state index in [0.717, 1.165) is 43.7 Å². The number of nitrogens with zero attached hydrogens (tertiary/aromatic N) is 1. The molecule has 0 radical (unpaired) electrons. The molecule has 0 unspecified atom stereocenters. The second-order valence-corrected chi connectivity index (χ2v) is 11.3. The van der Waals surface area contributed by atoms with Crippen molar-refractivity contribution in [2.24, 2.45) is 11.8 Å². The van der Waals surface area contributed by atoms with Gasteiger partial charge in [-0.15, -0.1) is 0 Å². The minimum Gasteiger partial charge on any atom is -0.492 e. The molecule has 10 heteroatoms. The predicted octanol–water partition coefficient (Wildman–Crippen LogP) is 3.65. The van der Waals surface area contributed by atoms with E-state index >= 15 is 0 Å². The molecule has 9 nitrogen and oxygen atoms in total. The fourth-order valence-corrected chi connectivity index (χ4v) is 5.41. The maximum atomic E-state index is 13.2. The molecular weight excluding hydrogens is 484 g/mol. The lowest BCUT2D eigenvalue weighted by atomic mass is 10.0. The van der Waals surface area contributed by atoms with Crippen LogP contribution in [0.25, 0.3) is 0 Å². The van der Waals surface area contributed by atoms with Gasteiger partial charge in [0.15, 0.2) is 0 Å². The number of hydrogen-bond acceptors (Lipinski definition) is 7. The first-order chi connectivity index (χ1) is 17.3. The molecule has 1 aromatic carbocycles. The monoisotopic (exact) mass is 518 g/mol. The smallest absolute Gasteiger partial charge is 0.339 e. The normalized spacial score (nSPS) is 17.5. The van der Waals surface area contributed by atoms with E-state index in [1.165, 1.54) is 12.1 Å². The number of nitrogens with one attached hydrogen (secondary N) is 1. The minimum absolute atomic E-state index is 0.133. The lowest BCUT2D eigenvalue weighted by Crippen LogP contribution is -2.22. The van der Waals surface area contributed by atoms with Gasteiger partial charge in [-0.05, 0) is 86.1 Å². The molecule has 0 spiro atoms. The molecule has 3 N–H and O–H groups in total. The zero-order valence-corrected chi connectivity index (χ0v) is 21.3. The maximum Gasteiger partial charge on any atom is 0.339 e. The van der Waals surface area contributed by atoms with Gasteiger partial charge in [0.2, 0.25) is 0 Å². The second-order valence-electron chi connectivity index (χ2n) is 9.58. The highest BCUT2D eigenvalue weighted by molar-refractivity contribution is 7.92. The Morgan fingerprint density at radius 2 is 1.97 bits per heavy atom. The highest BCUT2D eigenvalue weighted by Gasteiger charge is 2.29. The first-order valence-electron chi connectivity index (χ1n) is 12.5. The van der Waals surface area contributed by atoms with Gasteiger partial charge in [0, 0.05) is 19.4 Å². The van der Waals surface area contributed by atoms with Crippen molar-refractivity contribution in [3.8, 4) is 5.75 Å². The second kappa shape index (κ2) is 11.6. The number of benzene rings is 1. The van der Waals surface area contributed by atoms with Crippen molar-refractivity contribution in [2.45, 2.75) is 62.9 Å². The van der Waals surface area contributed by atoms with Gasteiger partial charge in [-0.3, -0.25) is 4.72 Å². The van der Waals surface area contributed by atoms with E-state index in [1.807, 2.05) is 13.0 Å². The van der Waals surface area contributed by atoms with Crippen LogP contribution in [-0.2, 0) is 27.6 Å². The van der Waals surface area contributed by atoms with Crippen molar-refractivity contribution in [3.05, 3.63) is 47.2 Å². The van der Waals surface area contributed by atoms with E-state index < -0.39 is 22.1 Å². The van der Waals surface area contributed by atoms with Gasteiger partial charge < -0.3 is 19.7 Å². The summed E-state index contributed by atoms with van der Waals surface area (Å²) in [4.78, 5) is 16.0. The summed E-state index contributed by atoms with van der Waals surface area (Å²) in [5.74, 6) is -0.359. The zero-order chi connectivity index (χ0) is 25.7. The topological polar surface area (TPSA) is 135 Å². The number of sulfonamides is 1. The number of carboxylic acid groups (broad SMARTS) is 1. The molecule has 4 rings (SSSR count). The molecule has 36 heavy (non-hydrogen) atoms. The molecule has 1 atom stereocenters. The van der Waals surface area contributed by atoms with Gasteiger partial charge >= 0.3 is 5.97 Å². The molecule has 1 aliphatic heterocycles. The van der Waals surface area contributed by atoms with Gasteiger partial charge in [0.05, 0.1) is 17.6 Å². The number of rotatable bonds is 12. The molecule has 0 amide bonds. The average Bonchev–Trinajstić information content (AvgIpc) is 3.72. The van der Waals surface area contributed by atoms with Gasteiger partial charge in [-0.1, -0.05) is 13.0 Å². The van der Waals surface area contributed by atoms with Gasteiger partial charge in [0.25, 0.3) is 10.0 Å². The van der Waals surface area contributed by atoms with Crippen LogP contribution < -0.4 is 9.46 Å². The van der Waals surface area contributed by atoms with Crippen LogP contribution in [-0.4, -0.2) is 55.5 Å². The largest absolute Gasteiger partial charge is 0.492 e. The van der Waals surface area contributed by atoms with Crippen LogP contribution in [0.1, 0.15) is 60.5 Å². The van der Waals surface area contributed by atoms with E-state index in [1.54, 1.807) is 6.20 Å². The Morgan fingerprint density at radius 1 is 1.22 bits per heavy atom. The number of anilines is 1. The lowest BCUT2D eigenvalue weighted by Gasteiger charge is -2.22. The Kier molecular flexibility index (Phi) is 8.48. The molecule has 0 bridgehead atoms. The molecule has 2 fully saturated rings. The number of carboxylic acids is 1. The highest BCUT2D eigenvalue weighted by Crippen LogP contribution is 2.35. The number of aromatic nitrogens is 1. The van der Waals surface area contributed by atoms with E-state index in [0.29, 0.717) is 44.1 Å². The van der Waals surface area contributed by atoms with Crippen molar-refractivity contribution >= 4 is 21.8 Å². The quantitative estimate of drug-likeness (QED) is 0.388. The Morgan fingerprint density at radius 3 is 2.64 bits per heavy atom. The number of carbonyl (C=O) groups is 1. The standard InChI is InChI=1S/C26H34N2O7S/c1-2-17-13-20(5-7-23(29)19-3-4-19)25(27-15-17)28-36(32,33)21-6-8-24(22(14-21)26(30)31)35-16-18-9-11-34-12-10-18/h6,8,13-15,18-19,23,29H,2-5,7,9-12,16H2,1H3,(H,27,28)(H,30,31)/t23-/m1/s1. The molecule has 2 aromatic rings. The summed E-state index contributed by atoms with van der Waals surface area (Å²) < 4.78 is 40.0. The third-order valence-corrected chi connectivity index (χ3v) is 8.18. The van der Waals surface area contributed by atoms with Crippen molar-refractivity contribution in [1.82, 2.24) is 4.98 Å². The van der Waals surface area contributed by atoms with Gasteiger partial charge in [-0.25, -0.2) is 18.2 Å². The number of pyridine rings is 1. The van der Waals surface area contributed by atoms with Crippen LogP contribution in [0.2, 0.25) is 0 Å². The Hall–Kier alpha value is -2.69. The van der Waals surface area contributed by atoms with E-state index in [4.69, 9.17) is 9.47 Å². The number of aliphatic hydroxyl groups excluding tert-OH is 1. The first-order valence-corrected chi connectivity index (χ1v) is 14.0. The van der Waals surface area contributed by atoms with Gasteiger partial charge in [0.1, 0.15) is 17.1 Å². The Labute approximate surface area is 211 Å². The predicted molar refractivity (Wildman–Crippen MR) is 134 cm³/mol. The fraction of sp³-hybridized carbons (Fsp3) is 0.538. The van der Waals surface area contributed by atoms with Crippen LogP contribution in [0, 0.1) is 11.8 Å². The first kappa shape index (κ1) is 26.4. The van der Waals surface area contributed by atoms with Crippen molar-refractivity contribution in [2.75, 3.05) is 24.5 Å². The number of aryl methyl sites for hydroxylation is 2. The van der Waals surface area contributed by atoms with Crippen molar-refractivity contribution in [1.29, 1.82) is 0 Å². The molecular formula is C26H34N2O7S. The molecule has 1 saturated carbocycles. The van der Waals surface area contributed by atoms with Crippen LogP contribution in [0.4, 0.5) is 5.82 Å². The molecule has 1 aromatic heterocycles. The highest BCUT2D eigenvalue weighted by atomic mass is 32.2. The van der Waals surface area contributed by atoms with Crippen LogP contribution in [0.5, 0.6) is 5.75 Å². The fourth-order valence-electron chi connectivity index (χ4n) is 4.33. The molecule has 2 heterocycles. The van der Waals surface area contributed by atoms with E-state index in [-0.39, 0.29) is 27.9 Å². The van der Waals surface area contributed by atoms with Crippen LogP contribution in [0.3, 0.4) is 0 Å². The zero-order valence-electron chi connectivity index (χ0n) is 20.5. The summed E-state index contributed by atoms with van der Waals surface area (Å²) >= 11 is 0. The molecule has 2 aliphatic rings. The Balaban J connectivity index is 1.52. The summed E-state index contributed by atoms with van der Waals surface area (Å²) in [6.45, 7) is 3.63. The number of aliphatic hydroxyl groups is 1. The summed E-state index contributed by atoms with van der Waals surface area (Å²) in [6.07, 6.45) is 6.68. The average molecular weight is 519 g/mol. The molecule has 1 saturated heterocycles. The Bertz CT molecular complexity index is 1170. The number of hydrogen-bond donors (Lipinski definition) is 3.